The molecule has 2 amide bonds. The molecule has 1 aliphatic carbocycles. The quantitative estimate of drug-likeness (QED) is 0.575. The van der Waals surface area contributed by atoms with Crippen molar-refractivity contribution in [3.8, 4) is 0 Å². The minimum absolute atomic E-state index is 0.0951. The van der Waals surface area contributed by atoms with E-state index in [0.717, 1.165) is 17.7 Å². The van der Waals surface area contributed by atoms with Crippen LogP contribution in [0.1, 0.15) is 54.4 Å². The van der Waals surface area contributed by atoms with Crippen LogP contribution in [0.15, 0.2) is 0 Å². The van der Waals surface area contributed by atoms with Crippen molar-refractivity contribution in [2.75, 3.05) is 0 Å². The minimum Gasteiger partial charge on any atom is -0.444 e. The summed E-state index contributed by atoms with van der Waals surface area (Å²) in [6.07, 6.45) is 0.183. The second kappa shape index (κ2) is 5.91. The van der Waals surface area contributed by atoms with Crippen LogP contribution in [0.5, 0.6) is 0 Å². The number of alkyl carbamates (subject to hydrolysis) is 1. The predicted octanol–water partition coefficient (Wildman–Crippen LogP) is 2.85. The summed E-state index contributed by atoms with van der Waals surface area (Å²) in [6.45, 7) is 10.4. The van der Waals surface area contributed by atoms with Crippen molar-refractivity contribution in [3.63, 3.8) is 0 Å². The molecule has 0 aromatic carbocycles. The van der Waals surface area contributed by atoms with Crippen molar-refractivity contribution in [1.29, 1.82) is 5.41 Å². The molecule has 1 aliphatic rings. The fourth-order valence-corrected chi connectivity index (χ4v) is 1.53. The molecule has 0 bridgehead atoms. The van der Waals surface area contributed by atoms with Gasteiger partial charge in [-0.05, 0) is 54.4 Å². The van der Waals surface area contributed by atoms with Gasteiger partial charge < -0.3 is 9.47 Å². The molecule has 0 aromatic rings. The maximum Gasteiger partial charge on any atom is 0.417 e. The Morgan fingerprint density at radius 2 is 1.52 bits per heavy atom. The van der Waals surface area contributed by atoms with Gasteiger partial charge in [0.2, 0.25) is 5.96 Å². The molecule has 1 rings (SSSR count). The highest BCUT2D eigenvalue weighted by Crippen LogP contribution is 2.28. The molecule has 21 heavy (non-hydrogen) atoms. The number of hydrogen-bond donors (Lipinski definition) is 2. The van der Waals surface area contributed by atoms with E-state index in [1.54, 1.807) is 41.5 Å². The van der Waals surface area contributed by atoms with E-state index in [-0.39, 0.29) is 12.0 Å². The third-order valence-corrected chi connectivity index (χ3v) is 2.36. The van der Waals surface area contributed by atoms with Gasteiger partial charge in [0.25, 0.3) is 0 Å². The number of carbonyl (C=O) groups excluding carboxylic acids is 2. The molecule has 120 valence electrons. The van der Waals surface area contributed by atoms with Crippen LogP contribution < -0.4 is 5.32 Å². The molecular weight excluding hydrogens is 274 g/mol. The molecule has 0 aliphatic heterocycles. The largest absolute Gasteiger partial charge is 0.444 e. The molecular formula is C14H25N3O4. The second-order valence-electron chi connectivity index (χ2n) is 7.06. The highest BCUT2D eigenvalue weighted by Gasteiger charge is 2.38. The molecule has 0 aromatic heterocycles. The van der Waals surface area contributed by atoms with E-state index in [1.807, 2.05) is 0 Å². The first-order chi connectivity index (χ1) is 9.39. The lowest BCUT2D eigenvalue weighted by atomic mass is 10.2. The molecule has 0 unspecified atom stereocenters. The van der Waals surface area contributed by atoms with Crippen LogP contribution in [-0.2, 0) is 9.47 Å². The summed E-state index contributed by atoms with van der Waals surface area (Å²) in [5.74, 6) is -0.319. The Labute approximate surface area is 125 Å². The van der Waals surface area contributed by atoms with Gasteiger partial charge in [-0.3, -0.25) is 10.7 Å². The van der Waals surface area contributed by atoms with Crippen LogP contribution in [0.4, 0.5) is 9.59 Å². The van der Waals surface area contributed by atoms with Crippen molar-refractivity contribution < 1.29 is 19.1 Å². The summed E-state index contributed by atoms with van der Waals surface area (Å²) in [6, 6.07) is -0.0951. The van der Waals surface area contributed by atoms with Crippen molar-refractivity contribution >= 4 is 18.1 Å². The van der Waals surface area contributed by atoms with E-state index in [0.29, 0.717) is 0 Å². The maximum absolute atomic E-state index is 12.1. The average Bonchev–Trinajstić information content (AvgIpc) is 2.94. The lowest BCUT2D eigenvalue weighted by Crippen LogP contribution is -2.50. The molecule has 0 heterocycles. The summed E-state index contributed by atoms with van der Waals surface area (Å²) < 4.78 is 10.3. The Bertz CT molecular complexity index is 430. The third kappa shape index (κ3) is 6.46. The summed E-state index contributed by atoms with van der Waals surface area (Å²) in [4.78, 5) is 25.0. The van der Waals surface area contributed by atoms with Crippen LogP contribution in [0.2, 0.25) is 0 Å². The van der Waals surface area contributed by atoms with Gasteiger partial charge in [-0.2, -0.15) is 0 Å². The molecule has 0 radical (unpaired) electrons. The highest BCUT2D eigenvalue weighted by molar-refractivity contribution is 6.00. The van der Waals surface area contributed by atoms with Crippen LogP contribution >= 0.6 is 0 Å². The lowest BCUT2D eigenvalue weighted by Gasteiger charge is -2.28. The minimum atomic E-state index is -0.762. The van der Waals surface area contributed by atoms with Gasteiger partial charge in [-0.25, -0.2) is 14.5 Å². The van der Waals surface area contributed by atoms with Gasteiger partial charge in [-0.15, -0.1) is 0 Å². The average molecular weight is 299 g/mol. The monoisotopic (exact) mass is 299 g/mol. The Hall–Kier alpha value is -1.79. The molecule has 0 atom stereocenters. The first-order valence-corrected chi connectivity index (χ1v) is 7.00. The van der Waals surface area contributed by atoms with Crippen LogP contribution in [0, 0.1) is 5.41 Å². The number of ether oxygens (including phenoxy) is 2. The molecule has 1 fully saturated rings. The molecule has 7 heteroatoms. The zero-order valence-electron chi connectivity index (χ0n) is 13.6. The van der Waals surface area contributed by atoms with E-state index >= 15 is 0 Å². The second-order valence-corrected chi connectivity index (χ2v) is 7.06. The number of carbonyl (C=O) groups is 2. The third-order valence-electron chi connectivity index (χ3n) is 2.36. The summed E-state index contributed by atoms with van der Waals surface area (Å²) in [7, 11) is 0. The number of nitrogens with one attached hydrogen (secondary N) is 2. The van der Waals surface area contributed by atoms with Crippen molar-refractivity contribution in [2.45, 2.75) is 71.6 Å². The zero-order valence-corrected chi connectivity index (χ0v) is 13.6. The Morgan fingerprint density at radius 3 is 1.90 bits per heavy atom. The standard InChI is InChI=1S/C14H25N3O4/c1-13(2,3)20-11(18)16-10(15)17(9-7-8-9)12(19)21-14(4,5)6/h9H,7-8H2,1-6H3,(H2,15,16,18). The normalized spacial score (nSPS) is 15.1. The predicted molar refractivity (Wildman–Crippen MR) is 78.2 cm³/mol. The summed E-state index contributed by atoms with van der Waals surface area (Å²) in [5.41, 5.74) is -1.32. The van der Waals surface area contributed by atoms with Crippen LogP contribution in [0.3, 0.4) is 0 Å². The number of amides is 2. The van der Waals surface area contributed by atoms with E-state index in [4.69, 9.17) is 14.9 Å². The fourth-order valence-electron chi connectivity index (χ4n) is 1.53. The fraction of sp³-hybridized carbons (Fsp3) is 0.786. The Morgan fingerprint density at radius 1 is 1.05 bits per heavy atom. The van der Waals surface area contributed by atoms with E-state index in [1.165, 1.54) is 0 Å². The van der Waals surface area contributed by atoms with Crippen LogP contribution in [0.25, 0.3) is 0 Å². The number of hydrogen-bond acceptors (Lipinski definition) is 5. The summed E-state index contributed by atoms with van der Waals surface area (Å²) in [5, 5.41) is 10.2. The van der Waals surface area contributed by atoms with E-state index in [9.17, 15) is 9.59 Å². The van der Waals surface area contributed by atoms with Gasteiger partial charge in [0.15, 0.2) is 0 Å². The summed E-state index contributed by atoms with van der Waals surface area (Å²) >= 11 is 0. The molecule has 0 saturated heterocycles. The lowest BCUT2D eigenvalue weighted by molar-refractivity contribution is 0.0347. The van der Waals surface area contributed by atoms with E-state index in [2.05, 4.69) is 5.32 Å². The molecule has 1 saturated carbocycles. The zero-order chi connectivity index (χ0) is 16.4. The van der Waals surface area contributed by atoms with Crippen molar-refractivity contribution in [2.24, 2.45) is 0 Å². The van der Waals surface area contributed by atoms with Crippen molar-refractivity contribution in [3.05, 3.63) is 0 Å². The Kier molecular flexibility index (Phi) is 4.86. The van der Waals surface area contributed by atoms with Gasteiger partial charge in [0.1, 0.15) is 11.2 Å². The highest BCUT2D eigenvalue weighted by atomic mass is 16.6. The van der Waals surface area contributed by atoms with E-state index < -0.39 is 23.4 Å². The van der Waals surface area contributed by atoms with Gasteiger partial charge in [-0.1, -0.05) is 0 Å². The number of guanidine groups is 1. The molecule has 7 nitrogen and oxygen atoms in total. The van der Waals surface area contributed by atoms with Gasteiger partial charge >= 0.3 is 12.2 Å². The smallest absolute Gasteiger partial charge is 0.417 e. The maximum atomic E-state index is 12.1. The van der Waals surface area contributed by atoms with Crippen molar-refractivity contribution in [1.82, 2.24) is 10.2 Å². The molecule has 2 N–H and O–H groups in total. The topological polar surface area (TPSA) is 91.7 Å². The first-order valence-electron chi connectivity index (χ1n) is 7.00. The first kappa shape index (κ1) is 17.3. The Balaban J connectivity index is 2.66. The molecule has 0 spiro atoms. The number of nitrogens with zero attached hydrogens (tertiary/aromatic N) is 1. The van der Waals surface area contributed by atoms with Crippen LogP contribution in [-0.4, -0.2) is 40.3 Å². The van der Waals surface area contributed by atoms with Gasteiger partial charge in [0.05, 0.1) is 0 Å². The SMILES string of the molecule is CC(C)(C)OC(=O)NC(=N)N(C(=O)OC(C)(C)C)C1CC1. The van der Waals surface area contributed by atoms with Gasteiger partial charge in [0, 0.05) is 6.04 Å². The number of rotatable bonds is 1.